The average molecular weight is 349 g/mol. The first kappa shape index (κ1) is 21.9. The molecule has 2 N–H and O–H groups in total. The van der Waals surface area contributed by atoms with E-state index in [1.807, 2.05) is 12.1 Å². The summed E-state index contributed by atoms with van der Waals surface area (Å²) >= 11 is 0. The van der Waals surface area contributed by atoms with Crippen LogP contribution in [0.3, 0.4) is 0 Å². The van der Waals surface area contributed by atoms with Gasteiger partial charge in [-0.25, -0.2) is 0 Å². The molecule has 0 saturated heterocycles. The Morgan fingerprint density at radius 2 is 1.32 bits per heavy atom. The van der Waals surface area contributed by atoms with Gasteiger partial charge in [0.25, 0.3) is 0 Å². The fraction of sp³-hybridized carbons (Fsp3) is 0.739. The Kier molecular flexibility index (Phi) is 10.7. The molecule has 0 radical (unpaired) electrons. The molecule has 0 aromatic heterocycles. The van der Waals surface area contributed by atoms with Crippen molar-refractivity contribution in [3.05, 3.63) is 23.3 Å². The fourth-order valence-corrected chi connectivity index (χ4v) is 3.60. The lowest BCUT2D eigenvalue weighted by Gasteiger charge is -2.17. The largest absolute Gasteiger partial charge is 0.508 e. The van der Waals surface area contributed by atoms with Gasteiger partial charge >= 0.3 is 0 Å². The van der Waals surface area contributed by atoms with Crippen molar-refractivity contribution in [3.8, 4) is 11.5 Å². The molecule has 0 saturated carbocycles. The maximum absolute atomic E-state index is 10.4. The monoisotopic (exact) mass is 348 g/mol. The zero-order valence-electron chi connectivity index (χ0n) is 17.0. The first-order chi connectivity index (χ1) is 12.0. The van der Waals surface area contributed by atoms with Crippen LogP contribution in [0.5, 0.6) is 11.5 Å². The van der Waals surface area contributed by atoms with Gasteiger partial charge in [-0.15, -0.1) is 0 Å². The topological polar surface area (TPSA) is 40.5 Å². The van der Waals surface area contributed by atoms with Crippen LogP contribution in [-0.2, 0) is 6.42 Å². The lowest BCUT2D eigenvalue weighted by atomic mass is 9.91. The summed E-state index contributed by atoms with van der Waals surface area (Å²) < 4.78 is 0. The van der Waals surface area contributed by atoms with E-state index in [-0.39, 0.29) is 17.4 Å². The molecule has 144 valence electrons. The molecule has 1 rings (SSSR count). The zero-order chi connectivity index (χ0) is 18.7. The van der Waals surface area contributed by atoms with Crippen LogP contribution in [0.1, 0.15) is 109 Å². The molecule has 0 aliphatic heterocycles. The molecular weight excluding hydrogens is 308 g/mol. The number of hydrogen-bond acceptors (Lipinski definition) is 2. The molecule has 0 spiro atoms. The van der Waals surface area contributed by atoms with Crippen molar-refractivity contribution in [1.82, 2.24) is 0 Å². The molecule has 2 heteroatoms. The number of unbranched alkanes of at least 4 members (excludes halogenated alkanes) is 6. The smallest absolute Gasteiger partial charge is 0.123 e. The Morgan fingerprint density at radius 1 is 0.760 bits per heavy atom. The maximum Gasteiger partial charge on any atom is 0.123 e. The van der Waals surface area contributed by atoms with Crippen molar-refractivity contribution in [3.63, 3.8) is 0 Å². The lowest BCUT2D eigenvalue weighted by Crippen LogP contribution is -1.98. The Hall–Kier alpha value is -1.18. The van der Waals surface area contributed by atoms with E-state index >= 15 is 0 Å². The van der Waals surface area contributed by atoms with Gasteiger partial charge in [0.2, 0.25) is 0 Å². The second kappa shape index (κ2) is 12.2. The molecular formula is C23H40O2. The van der Waals surface area contributed by atoms with Crippen molar-refractivity contribution in [1.29, 1.82) is 0 Å². The predicted octanol–water partition coefficient (Wildman–Crippen LogP) is 7.32. The fourth-order valence-electron chi connectivity index (χ4n) is 3.60. The van der Waals surface area contributed by atoms with Crippen LogP contribution in [0.2, 0.25) is 0 Å². The lowest BCUT2D eigenvalue weighted by molar-refractivity contribution is 0.423. The molecule has 0 fully saturated rings. The second-order valence-corrected chi connectivity index (χ2v) is 8.14. The van der Waals surface area contributed by atoms with Crippen molar-refractivity contribution < 1.29 is 10.2 Å². The highest BCUT2D eigenvalue weighted by Crippen LogP contribution is 2.38. The molecule has 1 aromatic rings. The molecule has 0 amide bonds. The summed E-state index contributed by atoms with van der Waals surface area (Å²) in [5, 5.41) is 20.8. The summed E-state index contributed by atoms with van der Waals surface area (Å²) in [7, 11) is 0. The van der Waals surface area contributed by atoms with Gasteiger partial charge in [0.15, 0.2) is 0 Å². The molecule has 1 unspecified atom stereocenters. The number of phenols is 2. The van der Waals surface area contributed by atoms with Gasteiger partial charge in [0, 0.05) is 5.56 Å². The van der Waals surface area contributed by atoms with E-state index in [2.05, 4.69) is 27.7 Å². The van der Waals surface area contributed by atoms with E-state index in [1.165, 1.54) is 51.4 Å². The van der Waals surface area contributed by atoms with Crippen LogP contribution in [-0.4, -0.2) is 10.2 Å². The van der Waals surface area contributed by atoms with E-state index in [0.29, 0.717) is 5.92 Å². The SMILES string of the molecule is CCCCCCCCCC(C)c1c(O)cc(CCCC(C)C)cc1O. The first-order valence-corrected chi connectivity index (χ1v) is 10.5. The summed E-state index contributed by atoms with van der Waals surface area (Å²) in [6.45, 7) is 8.81. The Bertz CT molecular complexity index is 456. The maximum atomic E-state index is 10.4. The molecule has 0 bridgehead atoms. The Morgan fingerprint density at radius 3 is 1.88 bits per heavy atom. The van der Waals surface area contributed by atoms with Gasteiger partial charge in [0.1, 0.15) is 11.5 Å². The quantitative estimate of drug-likeness (QED) is 0.367. The van der Waals surface area contributed by atoms with E-state index in [4.69, 9.17) is 0 Å². The number of aromatic hydroxyl groups is 2. The molecule has 1 atom stereocenters. The third-order valence-corrected chi connectivity index (χ3v) is 5.18. The standard InChI is InChI=1S/C23H40O2/c1-5-6-7-8-9-10-11-14-19(4)23-21(24)16-20(17-22(23)25)15-12-13-18(2)3/h16-19,24-25H,5-15H2,1-4H3. The summed E-state index contributed by atoms with van der Waals surface area (Å²) in [4.78, 5) is 0. The van der Waals surface area contributed by atoms with E-state index in [1.54, 1.807) is 0 Å². The number of hydrogen-bond donors (Lipinski definition) is 2. The molecule has 0 aliphatic rings. The first-order valence-electron chi connectivity index (χ1n) is 10.5. The van der Waals surface area contributed by atoms with E-state index < -0.39 is 0 Å². The predicted molar refractivity (Wildman–Crippen MR) is 109 cm³/mol. The van der Waals surface area contributed by atoms with Gasteiger partial charge in [0.05, 0.1) is 0 Å². The number of benzene rings is 1. The van der Waals surface area contributed by atoms with Gasteiger partial charge in [-0.05, 0) is 48.8 Å². The van der Waals surface area contributed by atoms with Crippen molar-refractivity contribution in [2.75, 3.05) is 0 Å². The Labute approximate surface area is 155 Å². The third kappa shape index (κ3) is 8.65. The van der Waals surface area contributed by atoms with Gasteiger partial charge in [-0.3, -0.25) is 0 Å². The van der Waals surface area contributed by atoms with Crippen LogP contribution < -0.4 is 0 Å². The van der Waals surface area contributed by atoms with Crippen molar-refractivity contribution in [2.45, 2.75) is 104 Å². The molecule has 0 aliphatic carbocycles. The summed E-state index contributed by atoms with van der Waals surface area (Å²) in [5.74, 6) is 1.45. The van der Waals surface area contributed by atoms with Gasteiger partial charge in [-0.1, -0.05) is 79.1 Å². The van der Waals surface area contributed by atoms with Crippen LogP contribution >= 0.6 is 0 Å². The minimum absolute atomic E-state index is 0.209. The van der Waals surface area contributed by atoms with Crippen molar-refractivity contribution >= 4 is 0 Å². The van der Waals surface area contributed by atoms with E-state index in [9.17, 15) is 10.2 Å². The van der Waals surface area contributed by atoms with Crippen molar-refractivity contribution in [2.24, 2.45) is 5.92 Å². The van der Waals surface area contributed by atoms with Gasteiger partial charge < -0.3 is 10.2 Å². The van der Waals surface area contributed by atoms with Crippen LogP contribution in [0.4, 0.5) is 0 Å². The highest BCUT2D eigenvalue weighted by atomic mass is 16.3. The van der Waals surface area contributed by atoms with Crippen LogP contribution in [0.15, 0.2) is 12.1 Å². The minimum Gasteiger partial charge on any atom is -0.508 e. The summed E-state index contributed by atoms with van der Waals surface area (Å²) in [6.07, 6.45) is 13.3. The minimum atomic E-state index is 0.209. The van der Waals surface area contributed by atoms with Gasteiger partial charge in [-0.2, -0.15) is 0 Å². The number of aryl methyl sites for hydroxylation is 1. The number of phenolic OH excluding ortho intramolecular Hbond substituents is 2. The molecule has 1 aromatic carbocycles. The average Bonchev–Trinajstić information content (AvgIpc) is 2.53. The molecule has 0 heterocycles. The second-order valence-electron chi connectivity index (χ2n) is 8.14. The van der Waals surface area contributed by atoms with E-state index in [0.717, 1.165) is 30.4 Å². The normalized spacial score (nSPS) is 12.7. The molecule has 2 nitrogen and oxygen atoms in total. The summed E-state index contributed by atoms with van der Waals surface area (Å²) in [6, 6.07) is 3.72. The van der Waals surface area contributed by atoms with Crippen LogP contribution in [0, 0.1) is 5.92 Å². The number of rotatable bonds is 13. The molecule has 25 heavy (non-hydrogen) atoms. The van der Waals surface area contributed by atoms with Crippen LogP contribution in [0.25, 0.3) is 0 Å². The zero-order valence-corrected chi connectivity index (χ0v) is 17.0. The highest BCUT2D eigenvalue weighted by Gasteiger charge is 2.16. The Balaban J connectivity index is 2.45. The highest BCUT2D eigenvalue weighted by molar-refractivity contribution is 5.48. The third-order valence-electron chi connectivity index (χ3n) is 5.18. The summed E-state index contributed by atoms with van der Waals surface area (Å²) in [5.41, 5.74) is 1.78.